The molecule has 0 aromatic heterocycles. The summed E-state index contributed by atoms with van der Waals surface area (Å²) in [5.74, 6) is -0.299. The summed E-state index contributed by atoms with van der Waals surface area (Å²) >= 11 is 0. The zero-order valence-electron chi connectivity index (χ0n) is 16.5. The fourth-order valence-corrected chi connectivity index (χ4v) is 4.64. The van der Waals surface area contributed by atoms with E-state index in [-0.39, 0.29) is 23.0 Å². The Morgan fingerprint density at radius 1 is 1.00 bits per heavy atom. The molecule has 0 unspecified atom stereocenters. The van der Waals surface area contributed by atoms with Crippen LogP contribution < -0.4 is 4.90 Å². The summed E-state index contributed by atoms with van der Waals surface area (Å²) in [5, 5.41) is 8.92. The molecule has 0 bridgehead atoms. The predicted molar refractivity (Wildman–Crippen MR) is 112 cm³/mol. The van der Waals surface area contributed by atoms with E-state index in [1.165, 1.54) is 0 Å². The van der Waals surface area contributed by atoms with E-state index < -0.39 is 9.84 Å². The van der Waals surface area contributed by atoms with E-state index >= 15 is 0 Å². The second-order valence-corrected chi connectivity index (χ2v) is 9.37. The highest BCUT2D eigenvalue weighted by molar-refractivity contribution is 7.91. The molecule has 29 heavy (non-hydrogen) atoms. The van der Waals surface area contributed by atoms with Gasteiger partial charge < -0.3 is 9.80 Å². The number of rotatable bonds is 5. The van der Waals surface area contributed by atoms with Crippen LogP contribution >= 0.6 is 0 Å². The lowest BCUT2D eigenvalue weighted by atomic mass is 10.2. The Labute approximate surface area is 172 Å². The Morgan fingerprint density at radius 3 is 2.34 bits per heavy atom. The van der Waals surface area contributed by atoms with Crippen LogP contribution in [-0.2, 0) is 14.6 Å². The number of aryl methyl sites for hydroxylation is 1. The molecule has 1 amide bonds. The third-order valence-electron chi connectivity index (χ3n) is 5.17. The molecule has 7 heteroatoms. The first-order valence-corrected chi connectivity index (χ1v) is 11.4. The van der Waals surface area contributed by atoms with Gasteiger partial charge in [-0.15, -0.1) is 0 Å². The fourth-order valence-electron chi connectivity index (χ4n) is 3.42. The van der Waals surface area contributed by atoms with Crippen LogP contribution in [0.3, 0.4) is 0 Å². The molecule has 3 rings (SSSR count). The molecular formula is C22H25N3O3S. The average molecular weight is 412 g/mol. The monoisotopic (exact) mass is 411 g/mol. The maximum absolute atomic E-state index is 12.6. The molecule has 1 fully saturated rings. The molecular weight excluding hydrogens is 386 g/mol. The molecule has 2 aromatic carbocycles. The Hall–Kier alpha value is -2.85. The molecule has 0 N–H and O–H groups in total. The number of hydrogen-bond acceptors (Lipinski definition) is 5. The zero-order valence-corrected chi connectivity index (χ0v) is 17.4. The van der Waals surface area contributed by atoms with Gasteiger partial charge in [0.25, 0.3) is 0 Å². The van der Waals surface area contributed by atoms with Gasteiger partial charge in [0.15, 0.2) is 9.84 Å². The van der Waals surface area contributed by atoms with Crippen LogP contribution in [-0.4, -0.2) is 51.2 Å². The van der Waals surface area contributed by atoms with E-state index in [0.29, 0.717) is 25.2 Å². The van der Waals surface area contributed by atoms with Gasteiger partial charge >= 0.3 is 0 Å². The minimum Gasteiger partial charge on any atom is -0.370 e. The topological polar surface area (TPSA) is 81.5 Å². The average Bonchev–Trinajstić information content (AvgIpc) is 2.99. The number of carbonyl (C=O) groups excluding carboxylic acids is 1. The zero-order chi connectivity index (χ0) is 20.9. The molecule has 0 radical (unpaired) electrons. The summed E-state index contributed by atoms with van der Waals surface area (Å²) in [6.07, 6.45) is 0.809. The van der Waals surface area contributed by atoms with Gasteiger partial charge in [0.1, 0.15) is 0 Å². The van der Waals surface area contributed by atoms with E-state index in [2.05, 4.69) is 11.0 Å². The standard InChI is InChI=1S/C22H25N3O3S/c1-18-3-9-21(10-4-18)29(27,28)16-11-22(26)25-13-2-12-24(14-15-25)20-7-5-19(17-23)6-8-20/h3-10H,2,11-16H2,1H3. The van der Waals surface area contributed by atoms with Gasteiger partial charge in [0.2, 0.25) is 5.91 Å². The maximum Gasteiger partial charge on any atom is 0.223 e. The highest BCUT2D eigenvalue weighted by Gasteiger charge is 2.22. The van der Waals surface area contributed by atoms with Gasteiger partial charge in [0, 0.05) is 38.3 Å². The van der Waals surface area contributed by atoms with Crippen LogP contribution in [0.4, 0.5) is 5.69 Å². The summed E-state index contributed by atoms with van der Waals surface area (Å²) in [6, 6.07) is 16.3. The van der Waals surface area contributed by atoms with Crippen molar-refractivity contribution in [2.24, 2.45) is 0 Å². The number of sulfone groups is 1. The maximum atomic E-state index is 12.6. The molecule has 1 aliphatic heterocycles. The van der Waals surface area contributed by atoms with E-state index in [0.717, 1.165) is 24.2 Å². The summed E-state index contributed by atoms with van der Waals surface area (Å²) in [5.41, 5.74) is 2.65. The first kappa shape index (κ1) is 20.9. The molecule has 6 nitrogen and oxygen atoms in total. The van der Waals surface area contributed by atoms with Crippen LogP contribution in [0.25, 0.3) is 0 Å². The van der Waals surface area contributed by atoms with Gasteiger partial charge in [-0.05, 0) is 49.7 Å². The molecule has 1 heterocycles. The van der Waals surface area contributed by atoms with Crippen molar-refractivity contribution < 1.29 is 13.2 Å². The van der Waals surface area contributed by atoms with Gasteiger partial charge in [-0.2, -0.15) is 5.26 Å². The number of nitriles is 1. The van der Waals surface area contributed by atoms with Crippen LogP contribution in [0.1, 0.15) is 24.0 Å². The summed E-state index contributed by atoms with van der Waals surface area (Å²) in [7, 11) is -3.46. The van der Waals surface area contributed by atoms with Crippen molar-refractivity contribution in [1.29, 1.82) is 5.26 Å². The van der Waals surface area contributed by atoms with Crippen molar-refractivity contribution in [2.75, 3.05) is 36.8 Å². The van der Waals surface area contributed by atoms with Gasteiger partial charge in [-0.25, -0.2) is 8.42 Å². The van der Waals surface area contributed by atoms with Crippen molar-refractivity contribution >= 4 is 21.4 Å². The summed E-state index contributed by atoms with van der Waals surface area (Å²) in [6.45, 7) is 4.58. The first-order chi connectivity index (χ1) is 13.9. The molecule has 0 aliphatic carbocycles. The third-order valence-corrected chi connectivity index (χ3v) is 6.91. The first-order valence-electron chi connectivity index (χ1n) is 9.71. The second-order valence-electron chi connectivity index (χ2n) is 7.26. The van der Waals surface area contributed by atoms with Crippen molar-refractivity contribution in [2.45, 2.75) is 24.7 Å². The predicted octanol–water partition coefficient (Wildman–Crippen LogP) is 2.77. The molecule has 1 saturated heterocycles. The minimum atomic E-state index is -3.46. The molecule has 1 aliphatic rings. The molecule has 0 spiro atoms. The molecule has 0 saturated carbocycles. The van der Waals surface area contributed by atoms with Crippen LogP contribution in [0.2, 0.25) is 0 Å². The lowest BCUT2D eigenvalue weighted by molar-refractivity contribution is -0.130. The largest absolute Gasteiger partial charge is 0.370 e. The number of anilines is 1. The van der Waals surface area contributed by atoms with E-state index in [9.17, 15) is 13.2 Å². The quantitative estimate of drug-likeness (QED) is 0.756. The van der Waals surface area contributed by atoms with Gasteiger partial charge in [-0.3, -0.25) is 4.79 Å². The van der Waals surface area contributed by atoms with Crippen molar-refractivity contribution in [3.8, 4) is 6.07 Å². The summed E-state index contributed by atoms with van der Waals surface area (Å²) in [4.78, 5) is 16.8. The number of hydrogen-bond donors (Lipinski definition) is 0. The molecule has 0 atom stereocenters. The number of benzene rings is 2. The van der Waals surface area contributed by atoms with Crippen LogP contribution in [0.15, 0.2) is 53.4 Å². The number of carbonyl (C=O) groups is 1. The van der Waals surface area contributed by atoms with E-state index in [1.54, 1.807) is 41.3 Å². The lowest BCUT2D eigenvalue weighted by Gasteiger charge is -2.23. The lowest BCUT2D eigenvalue weighted by Crippen LogP contribution is -2.36. The molecule has 152 valence electrons. The smallest absolute Gasteiger partial charge is 0.223 e. The highest BCUT2D eigenvalue weighted by atomic mass is 32.2. The highest BCUT2D eigenvalue weighted by Crippen LogP contribution is 2.18. The van der Waals surface area contributed by atoms with Crippen LogP contribution in [0, 0.1) is 18.3 Å². The normalized spacial score (nSPS) is 14.9. The Kier molecular flexibility index (Phi) is 6.55. The van der Waals surface area contributed by atoms with Gasteiger partial charge in [0.05, 0.1) is 22.3 Å². The minimum absolute atomic E-state index is 0.00687. The third kappa shape index (κ3) is 5.36. The Bertz CT molecular complexity index is 993. The fraction of sp³-hybridized carbons (Fsp3) is 0.364. The number of nitrogens with zero attached hydrogens (tertiary/aromatic N) is 3. The molecule has 2 aromatic rings. The Balaban J connectivity index is 1.56. The van der Waals surface area contributed by atoms with Crippen molar-refractivity contribution in [3.63, 3.8) is 0 Å². The Morgan fingerprint density at radius 2 is 1.69 bits per heavy atom. The van der Waals surface area contributed by atoms with Crippen molar-refractivity contribution in [3.05, 3.63) is 59.7 Å². The van der Waals surface area contributed by atoms with Gasteiger partial charge in [-0.1, -0.05) is 17.7 Å². The van der Waals surface area contributed by atoms with Crippen LogP contribution in [0.5, 0.6) is 0 Å². The van der Waals surface area contributed by atoms with E-state index in [4.69, 9.17) is 5.26 Å². The SMILES string of the molecule is Cc1ccc(S(=O)(=O)CCC(=O)N2CCCN(c3ccc(C#N)cc3)CC2)cc1. The second kappa shape index (κ2) is 9.10. The summed E-state index contributed by atoms with van der Waals surface area (Å²) < 4.78 is 25.0. The van der Waals surface area contributed by atoms with E-state index in [1.807, 2.05) is 19.1 Å². The van der Waals surface area contributed by atoms with Crippen molar-refractivity contribution in [1.82, 2.24) is 4.90 Å². The number of amides is 1.